The Morgan fingerprint density at radius 1 is 1.41 bits per heavy atom. The first-order chi connectivity index (χ1) is 8.22. The van der Waals surface area contributed by atoms with Crippen LogP contribution in [0.1, 0.15) is 17.9 Å². The first kappa shape index (κ1) is 10.8. The molecule has 1 heterocycles. The number of hydrogen-bond acceptors (Lipinski definition) is 3. The molecule has 0 amide bonds. The summed E-state index contributed by atoms with van der Waals surface area (Å²) >= 11 is 5.96. The highest BCUT2D eigenvalue weighted by Crippen LogP contribution is 2.28. The van der Waals surface area contributed by atoms with Crippen molar-refractivity contribution in [2.45, 2.75) is 25.3 Å². The Balaban J connectivity index is 2.00. The van der Waals surface area contributed by atoms with E-state index in [4.69, 9.17) is 21.8 Å². The van der Waals surface area contributed by atoms with Gasteiger partial charge in [-0.3, -0.25) is 0 Å². The standard InChI is InChI=1S/C13H13ClN2O/c14-9-3-1-2-8(6-9)13-16-11-7-10(15)4-5-12(11)17-13/h1-3,6,10H,4-5,7,15H2. The Labute approximate surface area is 105 Å². The minimum atomic E-state index is 0.208. The Kier molecular flexibility index (Phi) is 2.65. The fourth-order valence-electron chi connectivity index (χ4n) is 2.15. The van der Waals surface area contributed by atoms with E-state index in [2.05, 4.69) is 4.98 Å². The van der Waals surface area contributed by atoms with Crippen molar-refractivity contribution >= 4 is 11.6 Å². The van der Waals surface area contributed by atoms with Crippen molar-refractivity contribution < 1.29 is 4.42 Å². The van der Waals surface area contributed by atoms with Gasteiger partial charge in [0.1, 0.15) is 5.76 Å². The monoisotopic (exact) mass is 248 g/mol. The second kappa shape index (κ2) is 4.17. The van der Waals surface area contributed by atoms with E-state index in [1.54, 1.807) is 0 Å². The fraction of sp³-hybridized carbons (Fsp3) is 0.308. The van der Waals surface area contributed by atoms with Crippen molar-refractivity contribution in [1.82, 2.24) is 4.98 Å². The van der Waals surface area contributed by atoms with Crippen LogP contribution in [0.4, 0.5) is 0 Å². The number of rotatable bonds is 1. The Morgan fingerprint density at radius 2 is 2.29 bits per heavy atom. The molecule has 1 aliphatic carbocycles. The van der Waals surface area contributed by atoms with Gasteiger partial charge < -0.3 is 10.2 Å². The number of aryl methyl sites for hydroxylation is 1. The van der Waals surface area contributed by atoms with Crippen molar-refractivity contribution in [2.75, 3.05) is 0 Å². The molecule has 3 nitrogen and oxygen atoms in total. The summed E-state index contributed by atoms with van der Waals surface area (Å²) in [6.07, 6.45) is 2.65. The number of halogens is 1. The molecule has 0 saturated heterocycles. The van der Waals surface area contributed by atoms with Gasteiger partial charge in [0.15, 0.2) is 0 Å². The Bertz CT molecular complexity index is 550. The molecule has 88 valence electrons. The average molecular weight is 249 g/mol. The van der Waals surface area contributed by atoms with Crippen LogP contribution in [0.2, 0.25) is 5.02 Å². The third kappa shape index (κ3) is 2.08. The van der Waals surface area contributed by atoms with Crippen LogP contribution in [0.25, 0.3) is 11.5 Å². The molecule has 1 unspecified atom stereocenters. The smallest absolute Gasteiger partial charge is 0.226 e. The van der Waals surface area contributed by atoms with Crippen LogP contribution in [-0.4, -0.2) is 11.0 Å². The molecule has 1 atom stereocenters. The van der Waals surface area contributed by atoms with Crippen LogP contribution in [0.3, 0.4) is 0 Å². The maximum Gasteiger partial charge on any atom is 0.226 e. The predicted molar refractivity (Wildman–Crippen MR) is 66.9 cm³/mol. The minimum Gasteiger partial charge on any atom is -0.441 e. The van der Waals surface area contributed by atoms with Gasteiger partial charge in [-0.05, 0) is 24.6 Å². The van der Waals surface area contributed by atoms with Crippen molar-refractivity contribution in [3.63, 3.8) is 0 Å². The van der Waals surface area contributed by atoms with E-state index in [1.165, 1.54) is 0 Å². The van der Waals surface area contributed by atoms with Crippen LogP contribution in [-0.2, 0) is 12.8 Å². The maximum absolute atomic E-state index is 5.96. The Morgan fingerprint density at radius 3 is 3.12 bits per heavy atom. The zero-order valence-corrected chi connectivity index (χ0v) is 10.1. The van der Waals surface area contributed by atoms with Gasteiger partial charge in [0.2, 0.25) is 5.89 Å². The van der Waals surface area contributed by atoms with Gasteiger partial charge in [-0.25, -0.2) is 4.98 Å². The second-order valence-electron chi connectivity index (χ2n) is 4.40. The summed E-state index contributed by atoms with van der Waals surface area (Å²) in [5, 5.41) is 0.690. The van der Waals surface area contributed by atoms with E-state index in [0.717, 1.165) is 36.3 Å². The van der Waals surface area contributed by atoms with Gasteiger partial charge in [0.05, 0.1) is 5.69 Å². The molecule has 0 spiro atoms. The first-order valence-electron chi connectivity index (χ1n) is 5.72. The van der Waals surface area contributed by atoms with Crippen LogP contribution >= 0.6 is 11.6 Å². The molecule has 1 aromatic heterocycles. The largest absolute Gasteiger partial charge is 0.441 e. The number of benzene rings is 1. The van der Waals surface area contributed by atoms with Crippen molar-refractivity contribution in [3.05, 3.63) is 40.7 Å². The number of oxazole rings is 1. The number of fused-ring (bicyclic) bond motifs is 1. The highest BCUT2D eigenvalue weighted by molar-refractivity contribution is 6.30. The Hall–Kier alpha value is -1.32. The van der Waals surface area contributed by atoms with Crippen molar-refractivity contribution in [3.8, 4) is 11.5 Å². The zero-order chi connectivity index (χ0) is 11.8. The minimum absolute atomic E-state index is 0.208. The average Bonchev–Trinajstić information content (AvgIpc) is 2.72. The molecule has 1 aromatic carbocycles. The van der Waals surface area contributed by atoms with E-state index in [-0.39, 0.29) is 6.04 Å². The molecule has 0 fully saturated rings. The first-order valence-corrected chi connectivity index (χ1v) is 6.10. The number of nitrogens with two attached hydrogens (primary N) is 1. The lowest BCUT2D eigenvalue weighted by Crippen LogP contribution is -2.27. The summed E-state index contributed by atoms with van der Waals surface area (Å²) < 4.78 is 5.77. The van der Waals surface area contributed by atoms with E-state index in [1.807, 2.05) is 24.3 Å². The molecule has 2 aromatic rings. The highest BCUT2D eigenvalue weighted by atomic mass is 35.5. The van der Waals surface area contributed by atoms with Gasteiger partial charge >= 0.3 is 0 Å². The number of aromatic nitrogens is 1. The summed E-state index contributed by atoms with van der Waals surface area (Å²) in [6, 6.07) is 7.75. The molecule has 4 heteroatoms. The van der Waals surface area contributed by atoms with Gasteiger partial charge in [-0.1, -0.05) is 17.7 Å². The highest BCUT2D eigenvalue weighted by Gasteiger charge is 2.22. The molecule has 0 aliphatic heterocycles. The topological polar surface area (TPSA) is 52.0 Å². The molecular formula is C13H13ClN2O. The lowest BCUT2D eigenvalue weighted by molar-refractivity contribution is 0.463. The molecule has 0 bridgehead atoms. The fourth-order valence-corrected chi connectivity index (χ4v) is 2.34. The van der Waals surface area contributed by atoms with Gasteiger partial charge in [-0.15, -0.1) is 0 Å². The number of hydrogen-bond donors (Lipinski definition) is 1. The SMILES string of the molecule is NC1CCc2oc(-c3cccc(Cl)c3)nc2C1. The molecule has 0 saturated carbocycles. The van der Waals surface area contributed by atoms with Crippen molar-refractivity contribution in [2.24, 2.45) is 5.73 Å². The summed E-state index contributed by atoms with van der Waals surface area (Å²) in [5.41, 5.74) is 7.83. The van der Waals surface area contributed by atoms with Crippen LogP contribution < -0.4 is 5.73 Å². The summed E-state index contributed by atoms with van der Waals surface area (Å²) in [5.74, 6) is 1.62. The van der Waals surface area contributed by atoms with E-state index >= 15 is 0 Å². The molecular weight excluding hydrogens is 236 g/mol. The maximum atomic E-state index is 5.96. The quantitative estimate of drug-likeness (QED) is 0.844. The van der Waals surface area contributed by atoms with E-state index < -0.39 is 0 Å². The second-order valence-corrected chi connectivity index (χ2v) is 4.84. The molecule has 17 heavy (non-hydrogen) atoms. The van der Waals surface area contributed by atoms with E-state index in [9.17, 15) is 0 Å². The normalized spacial score (nSPS) is 19.1. The third-order valence-electron chi connectivity index (χ3n) is 3.05. The van der Waals surface area contributed by atoms with Crippen molar-refractivity contribution in [1.29, 1.82) is 0 Å². The third-order valence-corrected chi connectivity index (χ3v) is 3.28. The lowest BCUT2D eigenvalue weighted by atomic mass is 9.98. The summed E-state index contributed by atoms with van der Waals surface area (Å²) in [7, 11) is 0. The number of nitrogens with zero attached hydrogens (tertiary/aromatic N) is 1. The summed E-state index contributed by atoms with van der Waals surface area (Å²) in [4.78, 5) is 4.51. The van der Waals surface area contributed by atoms with Gasteiger partial charge in [0, 0.05) is 29.5 Å². The zero-order valence-electron chi connectivity index (χ0n) is 9.32. The van der Waals surface area contributed by atoms with Crippen LogP contribution in [0.15, 0.2) is 28.7 Å². The van der Waals surface area contributed by atoms with Gasteiger partial charge in [0.25, 0.3) is 0 Å². The van der Waals surface area contributed by atoms with Crippen LogP contribution in [0.5, 0.6) is 0 Å². The van der Waals surface area contributed by atoms with E-state index in [0.29, 0.717) is 10.9 Å². The lowest BCUT2D eigenvalue weighted by Gasteiger charge is -2.14. The molecule has 1 aliphatic rings. The predicted octanol–water partition coefficient (Wildman–Crippen LogP) is 2.81. The molecule has 0 radical (unpaired) electrons. The summed E-state index contributed by atoms with van der Waals surface area (Å²) in [6.45, 7) is 0. The molecule has 2 N–H and O–H groups in total. The van der Waals surface area contributed by atoms with Gasteiger partial charge in [-0.2, -0.15) is 0 Å². The van der Waals surface area contributed by atoms with Crippen LogP contribution in [0, 0.1) is 0 Å². The molecule has 3 rings (SSSR count).